The number of hydrogen-bond donors (Lipinski definition) is 0. The van der Waals surface area contributed by atoms with E-state index < -0.39 is 0 Å². The number of carbonyl (C=O) groups is 3. The van der Waals surface area contributed by atoms with Gasteiger partial charge in [0.05, 0.1) is 0 Å². The van der Waals surface area contributed by atoms with Crippen LogP contribution in [0.15, 0.2) is 18.2 Å². The van der Waals surface area contributed by atoms with Crippen LogP contribution >= 0.6 is 0 Å². The maximum absolute atomic E-state index is 12.3. The quantitative estimate of drug-likeness (QED) is 0.0948. The smallest absolute Gasteiger partial charge is 0.311 e. The van der Waals surface area contributed by atoms with E-state index in [-0.39, 0.29) is 35.2 Å². The largest absolute Gasteiger partial charge is 0.426 e. The van der Waals surface area contributed by atoms with Gasteiger partial charge in [0.15, 0.2) is 0 Å². The van der Waals surface area contributed by atoms with Gasteiger partial charge in [-0.3, -0.25) is 14.4 Å². The highest BCUT2D eigenvalue weighted by Gasteiger charge is 2.14. The Bertz CT molecular complexity index is 646. The normalized spacial score (nSPS) is 10.8. The first-order valence-corrected chi connectivity index (χ1v) is 14.3. The standard InChI is InChI=1S/C30H48O6/c1-4-7-10-13-16-19-28(31)34-25-22-26(35-29(32)20-17-14-11-8-5-2)24-27(23-25)36-30(33)21-18-15-12-9-6-3/h22-24H,4-21H2,1-3H3. The summed E-state index contributed by atoms with van der Waals surface area (Å²) >= 11 is 0. The molecule has 36 heavy (non-hydrogen) atoms. The predicted octanol–water partition coefficient (Wildman–Crippen LogP) is 8.48. The Labute approximate surface area is 218 Å². The molecule has 0 radical (unpaired) electrons. The molecule has 1 aromatic rings. The van der Waals surface area contributed by atoms with Gasteiger partial charge in [-0.15, -0.1) is 0 Å². The van der Waals surface area contributed by atoms with Crippen molar-refractivity contribution >= 4 is 17.9 Å². The Morgan fingerprint density at radius 1 is 0.444 bits per heavy atom. The van der Waals surface area contributed by atoms with Gasteiger partial charge >= 0.3 is 17.9 Å². The van der Waals surface area contributed by atoms with Crippen molar-refractivity contribution in [3.05, 3.63) is 18.2 Å². The van der Waals surface area contributed by atoms with Crippen LogP contribution in [0.4, 0.5) is 0 Å². The average molecular weight is 505 g/mol. The van der Waals surface area contributed by atoms with Crippen LogP contribution in [0.5, 0.6) is 17.2 Å². The van der Waals surface area contributed by atoms with Gasteiger partial charge in [-0.05, 0) is 19.3 Å². The number of benzene rings is 1. The monoisotopic (exact) mass is 504 g/mol. The third-order valence-electron chi connectivity index (χ3n) is 6.00. The zero-order chi connectivity index (χ0) is 26.4. The molecular formula is C30H48O6. The molecule has 0 saturated carbocycles. The lowest BCUT2D eigenvalue weighted by molar-refractivity contribution is -0.135. The van der Waals surface area contributed by atoms with E-state index >= 15 is 0 Å². The van der Waals surface area contributed by atoms with Crippen molar-refractivity contribution < 1.29 is 28.6 Å². The molecule has 0 N–H and O–H groups in total. The second-order valence-electron chi connectivity index (χ2n) is 9.55. The van der Waals surface area contributed by atoms with E-state index in [0.717, 1.165) is 96.3 Å². The molecule has 0 heterocycles. The zero-order valence-corrected chi connectivity index (χ0v) is 22.9. The summed E-state index contributed by atoms with van der Waals surface area (Å²) in [4.78, 5) is 37.0. The molecule has 0 fully saturated rings. The molecule has 0 amide bonds. The molecule has 0 aliphatic rings. The molecule has 0 unspecified atom stereocenters. The van der Waals surface area contributed by atoms with Gasteiger partial charge in [0.25, 0.3) is 0 Å². The summed E-state index contributed by atoms with van der Waals surface area (Å²) in [6.45, 7) is 6.45. The Kier molecular flexibility index (Phi) is 18.3. The molecule has 1 rings (SSSR count). The molecule has 0 atom stereocenters. The van der Waals surface area contributed by atoms with E-state index in [4.69, 9.17) is 14.2 Å². The lowest BCUT2D eigenvalue weighted by Gasteiger charge is -2.11. The molecule has 6 nitrogen and oxygen atoms in total. The molecule has 0 spiro atoms. The lowest BCUT2D eigenvalue weighted by atomic mass is 10.1. The molecule has 1 aromatic carbocycles. The molecule has 0 bridgehead atoms. The summed E-state index contributed by atoms with van der Waals surface area (Å²) in [6.07, 6.45) is 16.5. The zero-order valence-electron chi connectivity index (χ0n) is 22.9. The fourth-order valence-electron chi connectivity index (χ4n) is 3.89. The summed E-state index contributed by atoms with van der Waals surface area (Å²) in [5, 5.41) is 0. The molecule has 0 aromatic heterocycles. The summed E-state index contributed by atoms with van der Waals surface area (Å²) in [6, 6.07) is 4.52. The lowest BCUT2D eigenvalue weighted by Crippen LogP contribution is -2.11. The van der Waals surface area contributed by atoms with Gasteiger partial charge in [0.2, 0.25) is 0 Å². The first-order valence-electron chi connectivity index (χ1n) is 14.3. The van der Waals surface area contributed by atoms with E-state index in [1.165, 1.54) is 18.2 Å². The molecule has 6 heteroatoms. The number of esters is 3. The third kappa shape index (κ3) is 16.3. The minimum Gasteiger partial charge on any atom is -0.426 e. The number of carbonyl (C=O) groups excluding carboxylic acids is 3. The van der Waals surface area contributed by atoms with Gasteiger partial charge in [-0.2, -0.15) is 0 Å². The second kappa shape index (κ2) is 20.8. The van der Waals surface area contributed by atoms with Crippen molar-refractivity contribution in [1.29, 1.82) is 0 Å². The van der Waals surface area contributed by atoms with E-state index in [0.29, 0.717) is 19.3 Å². The highest BCUT2D eigenvalue weighted by molar-refractivity contribution is 5.76. The van der Waals surface area contributed by atoms with E-state index in [9.17, 15) is 14.4 Å². The maximum atomic E-state index is 12.3. The van der Waals surface area contributed by atoms with Crippen molar-refractivity contribution in [2.75, 3.05) is 0 Å². The number of hydrogen-bond acceptors (Lipinski definition) is 6. The topological polar surface area (TPSA) is 78.9 Å². The maximum Gasteiger partial charge on any atom is 0.311 e. The number of ether oxygens (including phenoxy) is 3. The van der Waals surface area contributed by atoms with E-state index in [2.05, 4.69) is 20.8 Å². The van der Waals surface area contributed by atoms with E-state index in [1.807, 2.05) is 0 Å². The minimum atomic E-state index is -0.348. The van der Waals surface area contributed by atoms with Crippen LogP contribution in [0.25, 0.3) is 0 Å². The highest BCUT2D eigenvalue weighted by Crippen LogP contribution is 2.29. The van der Waals surface area contributed by atoms with Gasteiger partial charge in [0.1, 0.15) is 17.2 Å². The van der Waals surface area contributed by atoms with Crippen LogP contribution in [0.3, 0.4) is 0 Å². The first kappa shape index (κ1) is 31.7. The van der Waals surface area contributed by atoms with Crippen LogP contribution in [0, 0.1) is 0 Å². The van der Waals surface area contributed by atoms with Crippen molar-refractivity contribution in [1.82, 2.24) is 0 Å². The third-order valence-corrected chi connectivity index (χ3v) is 6.00. The average Bonchev–Trinajstić information content (AvgIpc) is 2.83. The van der Waals surface area contributed by atoms with Gasteiger partial charge in [0, 0.05) is 37.5 Å². The van der Waals surface area contributed by atoms with Crippen LogP contribution in [0.1, 0.15) is 136 Å². The summed E-state index contributed by atoms with van der Waals surface area (Å²) in [5.74, 6) is -0.398. The van der Waals surface area contributed by atoms with Crippen LogP contribution in [-0.2, 0) is 14.4 Å². The van der Waals surface area contributed by atoms with Gasteiger partial charge in [-0.25, -0.2) is 0 Å². The van der Waals surface area contributed by atoms with Crippen molar-refractivity contribution in [2.24, 2.45) is 0 Å². The summed E-state index contributed by atoms with van der Waals surface area (Å²) in [7, 11) is 0. The van der Waals surface area contributed by atoms with E-state index in [1.54, 1.807) is 0 Å². The Hall–Kier alpha value is -2.37. The molecule has 0 aliphatic carbocycles. The van der Waals surface area contributed by atoms with Crippen LogP contribution in [-0.4, -0.2) is 17.9 Å². The van der Waals surface area contributed by atoms with Crippen molar-refractivity contribution in [2.45, 2.75) is 136 Å². The Morgan fingerprint density at radius 3 is 0.944 bits per heavy atom. The fourth-order valence-corrected chi connectivity index (χ4v) is 3.89. The summed E-state index contributed by atoms with van der Waals surface area (Å²) in [5.41, 5.74) is 0. The van der Waals surface area contributed by atoms with Crippen molar-refractivity contribution in [3.8, 4) is 17.2 Å². The van der Waals surface area contributed by atoms with Gasteiger partial charge < -0.3 is 14.2 Å². The van der Waals surface area contributed by atoms with Crippen LogP contribution < -0.4 is 14.2 Å². The second-order valence-corrected chi connectivity index (χ2v) is 9.55. The molecule has 0 saturated heterocycles. The predicted molar refractivity (Wildman–Crippen MR) is 143 cm³/mol. The number of unbranched alkanes of at least 4 members (excludes halogenated alkanes) is 12. The highest BCUT2D eigenvalue weighted by atomic mass is 16.6. The van der Waals surface area contributed by atoms with Crippen LogP contribution in [0.2, 0.25) is 0 Å². The Morgan fingerprint density at radius 2 is 0.694 bits per heavy atom. The Balaban J connectivity index is 2.73. The van der Waals surface area contributed by atoms with Gasteiger partial charge in [-0.1, -0.05) is 97.8 Å². The first-order chi connectivity index (χ1) is 17.5. The molecular weight excluding hydrogens is 456 g/mol. The number of rotatable bonds is 21. The minimum absolute atomic E-state index is 0.215. The van der Waals surface area contributed by atoms with Crippen molar-refractivity contribution in [3.63, 3.8) is 0 Å². The molecule has 204 valence electrons. The summed E-state index contributed by atoms with van der Waals surface area (Å²) < 4.78 is 16.5. The fraction of sp³-hybridized carbons (Fsp3) is 0.700. The molecule has 0 aliphatic heterocycles. The SMILES string of the molecule is CCCCCCCC(=O)Oc1cc(OC(=O)CCCCCCC)cc(OC(=O)CCCCCCC)c1.